The summed E-state index contributed by atoms with van der Waals surface area (Å²) < 4.78 is 42.8. The number of sulfonamides is 1. The highest BCUT2D eigenvalue weighted by molar-refractivity contribution is 7.92. The van der Waals surface area contributed by atoms with Crippen LogP contribution in [-0.2, 0) is 14.8 Å². The number of rotatable bonds is 8. The van der Waals surface area contributed by atoms with Crippen LogP contribution in [0, 0.1) is 13.8 Å². The van der Waals surface area contributed by atoms with Crippen LogP contribution < -0.4 is 23.8 Å². The van der Waals surface area contributed by atoms with Gasteiger partial charge in [-0.1, -0.05) is 12.1 Å². The summed E-state index contributed by atoms with van der Waals surface area (Å²) >= 11 is 0. The molecule has 0 saturated carbocycles. The molecule has 31 heavy (non-hydrogen) atoms. The predicted molar refractivity (Wildman–Crippen MR) is 119 cm³/mol. The highest BCUT2D eigenvalue weighted by Crippen LogP contribution is 2.35. The summed E-state index contributed by atoms with van der Waals surface area (Å²) in [5.41, 5.74) is 2.43. The standard InChI is InChI=1S/C22H28N2O6S/c1-15-5-6-16(2)20(13-15)28-10-9-23-22(25)17(3)24(31(4,26)27)18-7-8-19-21(14-18)30-12-11-29-19/h5-8,13-14,17H,9-12H2,1-4H3,(H,23,25). The summed E-state index contributed by atoms with van der Waals surface area (Å²) in [4.78, 5) is 12.7. The number of benzene rings is 2. The van der Waals surface area contributed by atoms with Crippen molar-refractivity contribution in [2.45, 2.75) is 26.8 Å². The van der Waals surface area contributed by atoms with E-state index >= 15 is 0 Å². The van der Waals surface area contributed by atoms with Crippen molar-refractivity contribution in [1.29, 1.82) is 0 Å². The van der Waals surface area contributed by atoms with Crippen LogP contribution in [0.25, 0.3) is 0 Å². The van der Waals surface area contributed by atoms with Crippen molar-refractivity contribution >= 4 is 21.6 Å². The minimum atomic E-state index is -3.73. The van der Waals surface area contributed by atoms with Crippen molar-refractivity contribution in [1.82, 2.24) is 5.32 Å². The van der Waals surface area contributed by atoms with Gasteiger partial charge < -0.3 is 19.5 Å². The van der Waals surface area contributed by atoms with Gasteiger partial charge >= 0.3 is 0 Å². The molecule has 168 valence electrons. The third-order valence-electron chi connectivity index (χ3n) is 4.87. The average molecular weight is 449 g/mol. The Morgan fingerprint density at radius 2 is 1.84 bits per heavy atom. The summed E-state index contributed by atoms with van der Waals surface area (Å²) in [6.45, 7) is 6.80. The van der Waals surface area contributed by atoms with Crippen LogP contribution in [-0.4, -0.2) is 53.0 Å². The zero-order valence-corrected chi connectivity index (χ0v) is 19.0. The Hall–Kier alpha value is -2.94. The Balaban J connectivity index is 1.65. The maximum absolute atomic E-state index is 12.7. The van der Waals surface area contributed by atoms with Crippen LogP contribution >= 0.6 is 0 Å². The lowest BCUT2D eigenvalue weighted by Gasteiger charge is -2.29. The molecule has 0 saturated heterocycles. The Bertz CT molecular complexity index is 1050. The number of nitrogens with zero attached hydrogens (tertiary/aromatic N) is 1. The van der Waals surface area contributed by atoms with E-state index in [1.54, 1.807) is 25.1 Å². The number of amides is 1. The molecule has 9 heteroatoms. The van der Waals surface area contributed by atoms with Crippen molar-refractivity contribution in [2.75, 3.05) is 36.9 Å². The third kappa shape index (κ3) is 5.61. The molecule has 0 radical (unpaired) electrons. The second kappa shape index (κ2) is 9.47. The number of hydrogen-bond acceptors (Lipinski definition) is 6. The molecule has 1 heterocycles. The molecule has 1 amide bonds. The lowest BCUT2D eigenvalue weighted by molar-refractivity contribution is -0.121. The summed E-state index contributed by atoms with van der Waals surface area (Å²) in [7, 11) is -3.73. The number of hydrogen-bond donors (Lipinski definition) is 1. The van der Waals surface area contributed by atoms with Gasteiger partial charge in [0.1, 0.15) is 31.6 Å². The molecular weight excluding hydrogens is 420 g/mol. The highest BCUT2D eigenvalue weighted by Gasteiger charge is 2.30. The van der Waals surface area contributed by atoms with E-state index in [9.17, 15) is 13.2 Å². The number of carbonyl (C=O) groups excluding carboxylic acids is 1. The van der Waals surface area contributed by atoms with E-state index in [2.05, 4.69) is 5.32 Å². The quantitative estimate of drug-likeness (QED) is 0.624. The van der Waals surface area contributed by atoms with Crippen LogP contribution in [0.3, 0.4) is 0 Å². The van der Waals surface area contributed by atoms with E-state index in [1.165, 1.54) is 0 Å². The molecule has 1 aliphatic heterocycles. The van der Waals surface area contributed by atoms with Crippen LogP contribution in [0.1, 0.15) is 18.1 Å². The van der Waals surface area contributed by atoms with Gasteiger partial charge in [0.2, 0.25) is 15.9 Å². The minimum absolute atomic E-state index is 0.245. The van der Waals surface area contributed by atoms with E-state index in [1.807, 2.05) is 32.0 Å². The van der Waals surface area contributed by atoms with Crippen LogP contribution in [0.5, 0.6) is 17.2 Å². The van der Waals surface area contributed by atoms with Gasteiger partial charge in [0, 0.05) is 6.07 Å². The van der Waals surface area contributed by atoms with Gasteiger partial charge in [-0.25, -0.2) is 8.42 Å². The average Bonchev–Trinajstić information content (AvgIpc) is 2.72. The fourth-order valence-corrected chi connectivity index (χ4v) is 4.49. The SMILES string of the molecule is Cc1ccc(C)c(OCCNC(=O)C(C)N(c2ccc3c(c2)OCCO3)S(C)(=O)=O)c1. The van der Waals surface area contributed by atoms with Crippen molar-refractivity contribution in [3.8, 4) is 17.2 Å². The molecule has 1 N–H and O–H groups in total. The van der Waals surface area contributed by atoms with E-state index in [0.29, 0.717) is 30.4 Å². The summed E-state index contributed by atoms with van der Waals surface area (Å²) in [6.07, 6.45) is 1.07. The zero-order valence-electron chi connectivity index (χ0n) is 18.2. The van der Waals surface area contributed by atoms with E-state index < -0.39 is 22.0 Å². The van der Waals surface area contributed by atoms with Crippen LogP contribution in [0.15, 0.2) is 36.4 Å². The number of carbonyl (C=O) groups is 1. The molecule has 0 aliphatic carbocycles. The van der Waals surface area contributed by atoms with Crippen molar-refractivity contribution in [3.05, 3.63) is 47.5 Å². The maximum atomic E-state index is 12.7. The maximum Gasteiger partial charge on any atom is 0.243 e. The zero-order chi connectivity index (χ0) is 22.6. The molecule has 0 bridgehead atoms. The molecule has 8 nitrogen and oxygen atoms in total. The minimum Gasteiger partial charge on any atom is -0.491 e. The first kappa shape index (κ1) is 22.7. The fourth-order valence-electron chi connectivity index (χ4n) is 3.32. The van der Waals surface area contributed by atoms with Gasteiger partial charge in [0.05, 0.1) is 18.5 Å². The largest absolute Gasteiger partial charge is 0.491 e. The lowest BCUT2D eigenvalue weighted by Crippen LogP contribution is -2.48. The lowest BCUT2D eigenvalue weighted by atomic mass is 10.1. The Morgan fingerprint density at radius 1 is 1.13 bits per heavy atom. The number of fused-ring (bicyclic) bond motifs is 1. The molecule has 3 rings (SSSR count). The first-order chi connectivity index (χ1) is 14.7. The van der Waals surface area contributed by atoms with Gasteiger partial charge in [-0.2, -0.15) is 0 Å². The molecule has 2 aromatic rings. The predicted octanol–water partition coefficient (Wildman–Crippen LogP) is 2.42. The summed E-state index contributed by atoms with van der Waals surface area (Å²) in [6, 6.07) is 9.77. The first-order valence-electron chi connectivity index (χ1n) is 10.0. The Labute approximate surface area is 183 Å². The van der Waals surface area contributed by atoms with Gasteiger partial charge in [-0.15, -0.1) is 0 Å². The van der Waals surface area contributed by atoms with Gasteiger partial charge in [-0.05, 0) is 50.1 Å². The van der Waals surface area contributed by atoms with Gasteiger partial charge in [0.15, 0.2) is 11.5 Å². The van der Waals surface area contributed by atoms with Crippen molar-refractivity contribution < 1.29 is 27.4 Å². The topological polar surface area (TPSA) is 94.2 Å². The Morgan fingerprint density at radius 3 is 2.55 bits per heavy atom. The molecule has 0 fully saturated rings. The normalized spacial score (nSPS) is 13.9. The fraction of sp³-hybridized carbons (Fsp3) is 0.409. The summed E-state index contributed by atoms with van der Waals surface area (Å²) in [5, 5.41) is 2.75. The molecule has 2 aromatic carbocycles. The Kier molecular flexibility index (Phi) is 6.94. The molecule has 1 unspecified atom stereocenters. The van der Waals surface area contributed by atoms with Crippen molar-refractivity contribution in [3.63, 3.8) is 0 Å². The van der Waals surface area contributed by atoms with Crippen LogP contribution in [0.4, 0.5) is 5.69 Å². The number of nitrogens with one attached hydrogen (secondary N) is 1. The number of anilines is 1. The third-order valence-corrected chi connectivity index (χ3v) is 6.11. The van der Waals surface area contributed by atoms with Gasteiger partial charge in [-0.3, -0.25) is 9.10 Å². The molecular formula is C22H28N2O6S. The smallest absolute Gasteiger partial charge is 0.243 e. The number of aryl methyl sites for hydroxylation is 2. The molecule has 0 spiro atoms. The van der Waals surface area contributed by atoms with Gasteiger partial charge in [0.25, 0.3) is 0 Å². The second-order valence-corrected chi connectivity index (χ2v) is 9.33. The molecule has 1 aliphatic rings. The second-order valence-electron chi connectivity index (χ2n) is 7.47. The van der Waals surface area contributed by atoms with E-state index in [-0.39, 0.29) is 13.2 Å². The van der Waals surface area contributed by atoms with E-state index in [0.717, 1.165) is 27.4 Å². The summed E-state index contributed by atoms with van der Waals surface area (Å²) in [5.74, 6) is 1.33. The monoisotopic (exact) mass is 448 g/mol. The van der Waals surface area contributed by atoms with E-state index in [4.69, 9.17) is 14.2 Å². The number of ether oxygens (including phenoxy) is 3. The molecule has 1 atom stereocenters. The first-order valence-corrected chi connectivity index (χ1v) is 11.9. The molecule has 0 aromatic heterocycles. The highest BCUT2D eigenvalue weighted by atomic mass is 32.2. The van der Waals surface area contributed by atoms with Crippen molar-refractivity contribution in [2.24, 2.45) is 0 Å². The van der Waals surface area contributed by atoms with Crippen LogP contribution in [0.2, 0.25) is 0 Å².